The molecule has 1 aliphatic rings. The Morgan fingerprint density at radius 2 is 1.80 bits per heavy atom. The molecule has 0 saturated heterocycles. The van der Waals surface area contributed by atoms with E-state index in [1.807, 2.05) is 29.9 Å². The smallest absolute Gasteiger partial charge is 0.493 e. The predicted octanol–water partition coefficient (Wildman–Crippen LogP) is 8.52. The number of fused-ring (bicyclic) bond motifs is 8. The summed E-state index contributed by atoms with van der Waals surface area (Å²) in [6.07, 6.45) is 0.226. The maximum atomic E-state index is 14.4. The summed E-state index contributed by atoms with van der Waals surface area (Å²) in [4.78, 5) is 14.0. The van der Waals surface area contributed by atoms with E-state index in [0.29, 0.717) is 61.8 Å². The molecule has 8 bridgehead atoms. The van der Waals surface area contributed by atoms with E-state index in [1.165, 1.54) is 40.2 Å². The van der Waals surface area contributed by atoms with Crippen molar-refractivity contribution in [2.24, 2.45) is 14.1 Å². The highest BCUT2D eigenvalue weighted by Crippen LogP contribution is 2.44. The lowest BCUT2D eigenvalue weighted by Crippen LogP contribution is -2.38. The number of carboxylic acid groups (broad SMARTS) is 1. The van der Waals surface area contributed by atoms with Gasteiger partial charge in [-0.05, 0) is 67.3 Å². The number of carbonyl (C=O) groups is 1. The van der Waals surface area contributed by atoms with Gasteiger partial charge in [0.15, 0.2) is 0 Å². The van der Waals surface area contributed by atoms with Crippen LogP contribution in [0.1, 0.15) is 45.2 Å². The standard InChI is InChI=1S/C37H35ClF4N6O5S3/c1-20-32-29(44-46(20)3)19-54-17-23-14-24(47(4)43-23)18-55-25-13-21-12-22(39)6-7-26(21)31(15-25)53-11-5-10-48-30-9-8-28(38)34(32)33(30)27(35(48)36(49)50)16-45(2)56(51,52)37(40,41)42/h6-9,12-15H,5,10-11,16-19H2,1-4H3,(H,49,50). The summed E-state index contributed by atoms with van der Waals surface area (Å²) >= 11 is 10.0. The molecule has 0 saturated carbocycles. The Hall–Kier alpha value is -4.23. The van der Waals surface area contributed by atoms with Crippen molar-refractivity contribution < 1.29 is 40.6 Å². The largest absolute Gasteiger partial charge is 0.511 e. The van der Waals surface area contributed by atoms with Crippen LogP contribution in [0.2, 0.25) is 5.02 Å². The monoisotopic (exact) mass is 850 g/mol. The molecule has 0 unspecified atom stereocenters. The zero-order valence-electron chi connectivity index (χ0n) is 30.4. The van der Waals surface area contributed by atoms with Crippen LogP contribution in [0, 0.1) is 12.7 Å². The molecule has 19 heteroatoms. The Bertz CT molecular complexity index is 2640. The fourth-order valence-electron chi connectivity index (χ4n) is 7.03. The first kappa shape index (κ1) is 40.0. The number of alkyl halides is 3. The SMILES string of the molecule is Cc1c2c(nn1C)CSCc1cc(n(C)n1)CSc1cc(c3ccc(F)cc3c1)OCCCn1c(C(=O)O)c(CN(C)S(=O)(=O)C(F)(F)F)c3c-2c(Cl)ccc31. The third kappa shape index (κ3) is 7.37. The highest BCUT2D eigenvalue weighted by Gasteiger charge is 2.49. The predicted molar refractivity (Wildman–Crippen MR) is 209 cm³/mol. The summed E-state index contributed by atoms with van der Waals surface area (Å²) in [5, 5.41) is 21.8. The van der Waals surface area contributed by atoms with Gasteiger partial charge in [-0.2, -0.15) is 27.7 Å². The van der Waals surface area contributed by atoms with Gasteiger partial charge in [0.1, 0.15) is 17.3 Å². The van der Waals surface area contributed by atoms with Crippen molar-refractivity contribution in [2.75, 3.05) is 13.7 Å². The maximum Gasteiger partial charge on any atom is 0.511 e. The van der Waals surface area contributed by atoms with E-state index >= 15 is 0 Å². The second kappa shape index (κ2) is 15.3. The van der Waals surface area contributed by atoms with Crippen molar-refractivity contribution in [3.05, 3.63) is 93.4 Å². The van der Waals surface area contributed by atoms with Gasteiger partial charge in [0.05, 0.1) is 18.0 Å². The number of rotatable bonds is 4. The summed E-state index contributed by atoms with van der Waals surface area (Å²) in [7, 11) is -1.50. The van der Waals surface area contributed by atoms with Crippen LogP contribution in [0.3, 0.4) is 0 Å². The van der Waals surface area contributed by atoms with Gasteiger partial charge in [0.2, 0.25) is 0 Å². The summed E-state index contributed by atoms with van der Waals surface area (Å²) in [5.74, 6) is 0.0517. The van der Waals surface area contributed by atoms with E-state index in [-0.39, 0.29) is 39.8 Å². The number of sulfonamides is 1. The van der Waals surface area contributed by atoms with Crippen molar-refractivity contribution in [3.63, 3.8) is 0 Å². The Balaban J connectivity index is 1.42. The molecule has 1 N–H and O–H groups in total. The van der Waals surface area contributed by atoms with Crippen molar-refractivity contribution in [2.45, 2.75) is 54.1 Å². The van der Waals surface area contributed by atoms with Crippen molar-refractivity contribution in [3.8, 4) is 16.9 Å². The normalized spacial score (nSPS) is 14.6. The minimum absolute atomic E-state index is 0.0211. The molecule has 56 heavy (non-hydrogen) atoms. The lowest BCUT2D eigenvalue weighted by atomic mass is 9.96. The van der Waals surface area contributed by atoms with Gasteiger partial charge < -0.3 is 14.4 Å². The van der Waals surface area contributed by atoms with E-state index in [1.54, 1.807) is 36.9 Å². The van der Waals surface area contributed by atoms with E-state index in [0.717, 1.165) is 23.3 Å². The maximum absolute atomic E-state index is 14.4. The molecule has 4 heterocycles. The number of aromatic carboxylic acids is 1. The molecule has 0 amide bonds. The zero-order chi connectivity index (χ0) is 40.3. The number of aryl methyl sites for hydroxylation is 3. The lowest BCUT2D eigenvalue weighted by molar-refractivity contribution is -0.0484. The van der Waals surface area contributed by atoms with Crippen LogP contribution in [-0.2, 0) is 54.5 Å². The van der Waals surface area contributed by atoms with Crippen molar-refractivity contribution in [1.29, 1.82) is 0 Å². The first-order valence-electron chi connectivity index (χ1n) is 17.2. The molecule has 0 atom stereocenters. The number of hydrogen-bond acceptors (Lipinski definition) is 8. The Morgan fingerprint density at radius 1 is 1.04 bits per heavy atom. The highest BCUT2D eigenvalue weighted by atomic mass is 35.5. The average Bonchev–Trinajstić information content (AvgIpc) is 3.73. The second-order valence-electron chi connectivity index (χ2n) is 13.4. The number of carboxylic acids is 1. The van der Waals surface area contributed by atoms with E-state index < -0.39 is 39.6 Å². The number of thioether (sulfide) groups is 2. The molecule has 11 nitrogen and oxygen atoms in total. The summed E-state index contributed by atoms with van der Waals surface area (Å²) in [6, 6.07) is 13.3. The molecule has 3 aromatic carbocycles. The third-order valence-corrected chi connectivity index (χ3v) is 13.6. The number of benzene rings is 3. The minimum Gasteiger partial charge on any atom is -0.493 e. The van der Waals surface area contributed by atoms with Crippen molar-refractivity contribution in [1.82, 2.24) is 28.4 Å². The minimum atomic E-state index is -5.86. The molecule has 6 aromatic rings. The third-order valence-electron chi connectivity index (χ3n) is 9.76. The average molecular weight is 851 g/mol. The van der Waals surface area contributed by atoms with E-state index in [2.05, 4.69) is 0 Å². The van der Waals surface area contributed by atoms with Crippen LogP contribution < -0.4 is 4.74 Å². The van der Waals surface area contributed by atoms with Crippen LogP contribution >= 0.6 is 35.1 Å². The summed E-state index contributed by atoms with van der Waals surface area (Å²) in [6.45, 7) is 0.975. The van der Waals surface area contributed by atoms with Gasteiger partial charge in [0.25, 0.3) is 0 Å². The Labute approximate surface area is 332 Å². The molecule has 296 valence electrons. The zero-order valence-corrected chi connectivity index (χ0v) is 33.7. The molecular formula is C37H35ClF4N6O5S3. The van der Waals surface area contributed by atoms with E-state index in [9.17, 15) is 35.9 Å². The highest BCUT2D eigenvalue weighted by molar-refractivity contribution is 7.98. The first-order chi connectivity index (χ1) is 26.5. The first-order valence-corrected chi connectivity index (χ1v) is 21.1. The van der Waals surface area contributed by atoms with Gasteiger partial charge >= 0.3 is 21.5 Å². The van der Waals surface area contributed by atoms with Gasteiger partial charge in [-0.3, -0.25) is 9.36 Å². The summed E-state index contributed by atoms with van der Waals surface area (Å²) < 4.78 is 92.3. The number of nitrogens with zero attached hydrogens (tertiary/aromatic N) is 6. The van der Waals surface area contributed by atoms with Crippen LogP contribution in [-0.4, -0.2) is 67.1 Å². The Morgan fingerprint density at radius 3 is 2.54 bits per heavy atom. The molecule has 0 aliphatic carbocycles. The molecule has 1 aliphatic heterocycles. The van der Waals surface area contributed by atoms with Gasteiger partial charge in [-0.15, -0.1) is 23.5 Å². The molecule has 0 spiro atoms. The van der Waals surface area contributed by atoms with Crippen LogP contribution in [0.15, 0.2) is 53.4 Å². The van der Waals surface area contributed by atoms with Crippen molar-refractivity contribution >= 4 is 72.8 Å². The molecule has 0 radical (unpaired) electrons. The molecular weight excluding hydrogens is 816 g/mol. The second-order valence-corrected chi connectivity index (χ2v) is 17.8. The van der Waals surface area contributed by atoms with Crippen LogP contribution in [0.4, 0.5) is 17.6 Å². The van der Waals surface area contributed by atoms with Gasteiger partial charge in [-0.1, -0.05) is 11.6 Å². The Kier molecular flexibility index (Phi) is 10.9. The topological polar surface area (TPSA) is 124 Å². The van der Waals surface area contributed by atoms with Crippen LogP contribution in [0.25, 0.3) is 32.8 Å². The van der Waals surface area contributed by atoms with Crippen LogP contribution in [0.5, 0.6) is 5.75 Å². The fourth-order valence-corrected chi connectivity index (χ4v) is 9.77. The quantitative estimate of drug-likeness (QED) is 0.174. The molecule has 7 rings (SSSR count). The van der Waals surface area contributed by atoms with Gasteiger partial charge in [-0.25, -0.2) is 17.6 Å². The fraction of sp³-hybridized carbons (Fsp3) is 0.324. The number of aromatic nitrogens is 5. The van der Waals surface area contributed by atoms with E-state index in [4.69, 9.17) is 26.5 Å². The van der Waals surface area contributed by atoms with Gasteiger partial charge in [0, 0.05) is 106 Å². The summed E-state index contributed by atoms with van der Waals surface area (Å²) in [5.41, 5.74) is -1.95. The number of halogens is 5. The number of hydrogen-bond donors (Lipinski definition) is 1. The molecule has 3 aromatic heterocycles. The molecule has 0 fully saturated rings. The lowest BCUT2D eigenvalue weighted by Gasteiger charge is -2.19. The number of ether oxygens (including phenoxy) is 1.